The maximum absolute atomic E-state index is 12.8. The molecule has 0 fully saturated rings. The molecule has 0 spiro atoms. The van der Waals surface area contributed by atoms with Gasteiger partial charge in [0.1, 0.15) is 5.01 Å². The zero-order chi connectivity index (χ0) is 21.0. The number of aromatic nitrogens is 3. The average molecular weight is 411 g/mol. The number of pyridine rings is 1. The SMILES string of the molecule is CCCCn1c(-c2csc(-c3ccc(C)nc3)n2)cc(C(=O)NC(C)CC)c1C. The Bertz CT molecular complexity index is 971. The van der Waals surface area contributed by atoms with Crippen molar-refractivity contribution in [2.24, 2.45) is 0 Å². The van der Waals surface area contributed by atoms with Crippen LogP contribution < -0.4 is 5.32 Å². The molecule has 0 aliphatic heterocycles. The van der Waals surface area contributed by atoms with E-state index in [9.17, 15) is 4.79 Å². The fourth-order valence-corrected chi connectivity index (χ4v) is 4.02. The van der Waals surface area contributed by atoms with Gasteiger partial charge in [0.05, 0.1) is 17.0 Å². The normalized spacial score (nSPS) is 12.2. The summed E-state index contributed by atoms with van der Waals surface area (Å²) in [6.07, 6.45) is 4.94. The van der Waals surface area contributed by atoms with Gasteiger partial charge in [-0.25, -0.2) is 4.98 Å². The summed E-state index contributed by atoms with van der Waals surface area (Å²) < 4.78 is 2.24. The standard InChI is InChI=1S/C23H30N4OS/c1-6-8-11-27-17(5)19(22(28)25-15(3)7-2)12-21(27)20-14-29-23(26-20)18-10-9-16(4)24-13-18/h9-10,12-15H,6-8,11H2,1-5H3,(H,25,28). The lowest BCUT2D eigenvalue weighted by molar-refractivity contribution is 0.0938. The minimum absolute atomic E-state index is 0.00784. The van der Waals surface area contributed by atoms with E-state index in [-0.39, 0.29) is 11.9 Å². The van der Waals surface area contributed by atoms with Crippen molar-refractivity contribution in [2.75, 3.05) is 0 Å². The maximum Gasteiger partial charge on any atom is 0.253 e. The predicted octanol–water partition coefficient (Wildman–Crippen LogP) is 5.62. The van der Waals surface area contributed by atoms with Gasteiger partial charge in [0.25, 0.3) is 5.91 Å². The number of thiazole rings is 1. The van der Waals surface area contributed by atoms with E-state index < -0.39 is 0 Å². The Hall–Kier alpha value is -2.47. The summed E-state index contributed by atoms with van der Waals surface area (Å²) in [6, 6.07) is 6.21. The monoisotopic (exact) mass is 410 g/mol. The smallest absolute Gasteiger partial charge is 0.253 e. The van der Waals surface area contributed by atoms with Crippen LogP contribution in [0, 0.1) is 13.8 Å². The highest BCUT2D eigenvalue weighted by Gasteiger charge is 2.21. The molecule has 0 radical (unpaired) electrons. The summed E-state index contributed by atoms with van der Waals surface area (Å²) in [7, 11) is 0. The first-order chi connectivity index (χ1) is 13.9. The Labute approximate surface area is 177 Å². The number of unbranched alkanes of at least 4 members (excludes halogenated alkanes) is 1. The summed E-state index contributed by atoms with van der Waals surface area (Å²) in [4.78, 5) is 22.1. The lowest BCUT2D eigenvalue weighted by Crippen LogP contribution is -2.32. The molecule has 154 valence electrons. The van der Waals surface area contributed by atoms with Crippen molar-refractivity contribution in [2.45, 2.75) is 66.5 Å². The molecule has 3 rings (SSSR count). The average Bonchev–Trinajstić information content (AvgIpc) is 3.31. The topological polar surface area (TPSA) is 59.8 Å². The van der Waals surface area contributed by atoms with Gasteiger partial charge < -0.3 is 9.88 Å². The van der Waals surface area contributed by atoms with Crippen LogP contribution in [0.2, 0.25) is 0 Å². The Balaban J connectivity index is 1.98. The number of nitrogens with zero attached hydrogens (tertiary/aromatic N) is 3. The van der Waals surface area contributed by atoms with E-state index >= 15 is 0 Å². The van der Waals surface area contributed by atoms with Crippen LogP contribution in [0.1, 0.15) is 61.8 Å². The third-order valence-electron chi connectivity index (χ3n) is 5.26. The fourth-order valence-electron chi connectivity index (χ4n) is 3.21. The number of hydrogen-bond donors (Lipinski definition) is 1. The van der Waals surface area contributed by atoms with Gasteiger partial charge in [-0.3, -0.25) is 9.78 Å². The molecule has 29 heavy (non-hydrogen) atoms. The first kappa shape index (κ1) is 21.2. The van der Waals surface area contributed by atoms with E-state index in [1.54, 1.807) is 11.3 Å². The number of amides is 1. The van der Waals surface area contributed by atoms with Crippen molar-refractivity contribution < 1.29 is 4.79 Å². The lowest BCUT2D eigenvalue weighted by atomic mass is 10.2. The van der Waals surface area contributed by atoms with Gasteiger partial charge in [0.2, 0.25) is 0 Å². The lowest BCUT2D eigenvalue weighted by Gasteiger charge is -2.12. The van der Waals surface area contributed by atoms with Crippen LogP contribution in [0.15, 0.2) is 29.8 Å². The minimum atomic E-state index is -0.00784. The molecule has 6 heteroatoms. The van der Waals surface area contributed by atoms with E-state index in [0.717, 1.165) is 64.7 Å². The molecule has 0 aliphatic carbocycles. The van der Waals surface area contributed by atoms with Gasteiger partial charge in [-0.05, 0) is 51.8 Å². The first-order valence-electron chi connectivity index (χ1n) is 10.3. The van der Waals surface area contributed by atoms with Gasteiger partial charge in [0, 0.05) is 41.1 Å². The molecular weight excluding hydrogens is 380 g/mol. The van der Waals surface area contributed by atoms with E-state index in [0.29, 0.717) is 0 Å². The van der Waals surface area contributed by atoms with Crippen molar-refractivity contribution in [1.29, 1.82) is 0 Å². The Kier molecular flexibility index (Phi) is 6.85. The minimum Gasteiger partial charge on any atom is -0.350 e. The molecule has 5 nitrogen and oxygen atoms in total. The van der Waals surface area contributed by atoms with Crippen molar-refractivity contribution in [3.8, 4) is 22.0 Å². The number of aryl methyl sites for hydroxylation is 1. The molecular formula is C23H30N4OS. The molecule has 0 aromatic carbocycles. The number of rotatable bonds is 8. The van der Waals surface area contributed by atoms with Crippen LogP contribution in [0.3, 0.4) is 0 Å². The van der Waals surface area contributed by atoms with Crippen molar-refractivity contribution >= 4 is 17.2 Å². The van der Waals surface area contributed by atoms with Gasteiger partial charge >= 0.3 is 0 Å². The Morgan fingerprint density at radius 3 is 2.72 bits per heavy atom. The summed E-state index contributed by atoms with van der Waals surface area (Å²) >= 11 is 1.61. The Morgan fingerprint density at radius 2 is 2.07 bits per heavy atom. The van der Waals surface area contributed by atoms with Gasteiger partial charge in [0.15, 0.2) is 0 Å². The molecule has 3 aromatic heterocycles. The number of carbonyl (C=O) groups excluding carboxylic acids is 1. The van der Waals surface area contributed by atoms with Crippen LogP contribution >= 0.6 is 11.3 Å². The molecule has 0 aliphatic rings. The highest BCUT2D eigenvalue weighted by Crippen LogP contribution is 2.31. The quantitative estimate of drug-likeness (QED) is 0.524. The molecule has 1 N–H and O–H groups in total. The molecule has 1 amide bonds. The molecule has 0 saturated heterocycles. The summed E-state index contributed by atoms with van der Waals surface area (Å²) in [5.74, 6) is -0.00784. The summed E-state index contributed by atoms with van der Waals surface area (Å²) in [6.45, 7) is 11.2. The Morgan fingerprint density at radius 1 is 1.28 bits per heavy atom. The number of carbonyl (C=O) groups is 1. The molecule has 1 atom stereocenters. The van der Waals surface area contributed by atoms with Gasteiger partial charge in [-0.15, -0.1) is 11.3 Å². The molecule has 1 unspecified atom stereocenters. The van der Waals surface area contributed by atoms with Crippen LogP contribution in [-0.4, -0.2) is 26.5 Å². The van der Waals surface area contributed by atoms with E-state index in [1.165, 1.54) is 0 Å². The van der Waals surface area contributed by atoms with E-state index in [1.807, 2.05) is 39.1 Å². The van der Waals surface area contributed by atoms with E-state index in [4.69, 9.17) is 4.98 Å². The van der Waals surface area contributed by atoms with Crippen LogP contribution in [0.4, 0.5) is 0 Å². The van der Waals surface area contributed by atoms with Crippen molar-refractivity contribution in [3.05, 3.63) is 46.7 Å². The second kappa shape index (κ2) is 9.35. The zero-order valence-electron chi connectivity index (χ0n) is 18.0. The molecule has 0 bridgehead atoms. The second-order valence-electron chi connectivity index (χ2n) is 7.54. The van der Waals surface area contributed by atoms with Gasteiger partial charge in [-0.1, -0.05) is 20.3 Å². The summed E-state index contributed by atoms with van der Waals surface area (Å²) in [5, 5.41) is 6.11. The molecule has 3 aromatic rings. The number of nitrogens with one attached hydrogen (secondary N) is 1. The maximum atomic E-state index is 12.8. The van der Waals surface area contributed by atoms with Crippen molar-refractivity contribution in [1.82, 2.24) is 19.9 Å². The number of hydrogen-bond acceptors (Lipinski definition) is 4. The largest absolute Gasteiger partial charge is 0.350 e. The highest BCUT2D eigenvalue weighted by atomic mass is 32.1. The van der Waals surface area contributed by atoms with Crippen molar-refractivity contribution in [3.63, 3.8) is 0 Å². The summed E-state index contributed by atoms with van der Waals surface area (Å²) in [5.41, 5.74) is 5.67. The highest BCUT2D eigenvalue weighted by molar-refractivity contribution is 7.13. The fraction of sp³-hybridized carbons (Fsp3) is 0.435. The first-order valence-corrected chi connectivity index (χ1v) is 11.2. The van der Waals surface area contributed by atoms with Crippen LogP contribution in [0.25, 0.3) is 22.0 Å². The zero-order valence-corrected chi connectivity index (χ0v) is 18.8. The second-order valence-corrected chi connectivity index (χ2v) is 8.40. The molecule has 3 heterocycles. The third kappa shape index (κ3) is 4.75. The van der Waals surface area contributed by atoms with Gasteiger partial charge in [-0.2, -0.15) is 0 Å². The third-order valence-corrected chi connectivity index (χ3v) is 6.15. The van der Waals surface area contributed by atoms with E-state index in [2.05, 4.69) is 40.2 Å². The van der Waals surface area contributed by atoms with Crippen LogP contribution in [-0.2, 0) is 6.54 Å². The molecule has 0 saturated carbocycles. The predicted molar refractivity (Wildman–Crippen MR) is 120 cm³/mol. The van der Waals surface area contributed by atoms with Crippen LogP contribution in [0.5, 0.6) is 0 Å².